The lowest BCUT2D eigenvalue weighted by Gasteiger charge is -1.98. The molecule has 0 N–H and O–H groups in total. The van der Waals surface area contributed by atoms with Crippen LogP contribution in [0.2, 0.25) is 0 Å². The van der Waals surface area contributed by atoms with Gasteiger partial charge in [0.15, 0.2) is 0 Å². The van der Waals surface area contributed by atoms with Crippen molar-refractivity contribution in [1.29, 1.82) is 0 Å². The Labute approximate surface area is 108 Å². The van der Waals surface area contributed by atoms with E-state index in [0.29, 0.717) is 5.52 Å². The average Bonchev–Trinajstić information content (AvgIpc) is 2.84. The Morgan fingerprint density at radius 2 is 1.72 bits per heavy atom. The van der Waals surface area contributed by atoms with Crippen LogP contribution >= 0.6 is 11.3 Å². The van der Waals surface area contributed by atoms with Crippen LogP contribution in [0.4, 0.5) is 0 Å². The Bertz CT molecular complexity index is 762. The maximum absolute atomic E-state index is 12.3. The van der Waals surface area contributed by atoms with Crippen LogP contribution in [-0.4, -0.2) is 18.4 Å². The number of aromatic nitrogens is 2. The van der Waals surface area contributed by atoms with Gasteiger partial charge in [-0.2, -0.15) is 0 Å². The molecule has 90 valence electrons. The van der Waals surface area contributed by atoms with E-state index < -0.39 is 9.84 Å². The molecule has 0 aliphatic carbocycles. The van der Waals surface area contributed by atoms with Crippen molar-refractivity contribution in [3.05, 3.63) is 48.8 Å². The summed E-state index contributed by atoms with van der Waals surface area (Å²) in [7, 11) is -3.53. The fourth-order valence-corrected chi connectivity index (χ4v) is 4.18. The second kappa shape index (κ2) is 4.15. The molecule has 0 amide bonds. The largest absolute Gasteiger partial charge is 0.265 e. The van der Waals surface area contributed by atoms with Crippen molar-refractivity contribution in [1.82, 2.24) is 9.97 Å². The Morgan fingerprint density at radius 3 is 2.44 bits per heavy atom. The molecular weight excluding hydrogens is 268 g/mol. The van der Waals surface area contributed by atoms with Gasteiger partial charge in [-0.3, -0.25) is 4.98 Å². The zero-order chi connectivity index (χ0) is 12.6. The number of benzene rings is 1. The molecule has 0 fully saturated rings. The number of thiazole rings is 1. The summed E-state index contributed by atoms with van der Waals surface area (Å²) in [5.74, 6) is 0. The van der Waals surface area contributed by atoms with Crippen molar-refractivity contribution in [2.75, 3.05) is 0 Å². The fourth-order valence-electron chi connectivity index (χ4n) is 1.58. The molecule has 6 heteroatoms. The third kappa shape index (κ3) is 1.79. The molecule has 0 saturated carbocycles. The molecule has 3 rings (SSSR count). The molecule has 0 bridgehead atoms. The molecule has 0 radical (unpaired) electrons. The van der Waals surface area contributed by atoms with E-state index in [2.05, 4.69) is 9.97 Å². The minimum atomic E-state index is -3.53. The van der Waals surface area contributed by atoms with Gasteiger partial charge in [-0.1, -0.05) is 12.1 Å². The van der Waals surface area contributed by atoms with Crippen LogP contribution in [0.25, 0.3) is 10.2 Å². The number of pyridine rings is 1. The molecular formula is C12H8N2O2S2. The van der Waals surface area contributed by atoms with Crippen molar-refractivity contribution in [3.8, 4) is 0 Å². The quantitative estimate of drug-likeness (QED) is 0.721. The minimum Gasteiger partial charge on any atom is -0.265 e. The lowest BCUT2D eigenvalue weighted by molar-refractivity contribution is 0.595. The summed E-state index contributed by atoms with van der Waals surface area (Å²) in [5.41, 5.74) is 0.704. The summed E-state index contributed by atoms with van der Waals surface area (Å²) in [5, 5.41) is 0. The number of hydrogen-bond acceptors (Lipinski definition) is 5. The van der Waals surface area contributed by atoms with E-state index in [1.807, 2.05) is 18.2 Å². The van der Waals surface area contributed by atoms with Crippen LogP contribution < -0.4 is 0 Å². The number of para-hydroxylation sites is 1. The zero-order valence-electron chi connectivity index (χ0n) is 9.15. The number of fused-ring (bicyclic) bond motifs is 1. The molecule has 0 unspecified atom stereocenters. The first-order valence-electron chi connectivity index (χ1n) is 5.18. The van der Waals surface area contributed by atoms with Gasteiger partial charge in [0, 0.05) is 12.4 Å². The minimum absolute atomic E-state index is 0.120. The first-order chi connectivity index (χ1) is 8.68. The van der Waals surface area contributed by atoms with Crippen LogP contribution in [0.5, 0.6) is 0 Å². The normalized spacial score (nSPS) is 11.8. The van der Waals surface area contributed by atoms with Crippen LogP contribution in [0.3, 0.4) is 0 Å². The van der Waals surface area contributed by atoms with E-state index in [9.17, 15) is 8.42 Å². The average molecular weight is 276 g/mol. The number of rotatable bonds is 2. The number of nitrogens with zero attached hydrogens (tertiary/aromatic N) is 2. The molecule has 3 aromatic rings. The standard InChI is InChI=1S/C12H8N2O2S2/c15-18(16,9-5-7-13-8-6-9)12-14-10-3-1-2-4-11(10)17-12/h1-8H. The highest BCUT2D eigenvalue weighted by atomic mass is 32.2. The molecule has 2 heterocycles. The van der Waals surface area contributed by atoms with Crippen molar-refractivity contribution in [2.45, 2.75) is 9.24 Å². The van der Waals surface area contributed by atoms with Gasteiger partial charge in [-0.05, 0) is 24.3 Å². The zero-order valence-corrected chi connectivity index (χ0v) is 10.8. The molecule has 0 aliphatic heterocycles. The molecule has 0 saturated heterocycles. The maximum atomic E-state index is 12.3. The third-order valence-corrected chi connectivity index (χ3v) is 5.65. The Kier molecular flexibility index (Phi) is 2.61. The van der Waals surface area contributed by atoms with Crippen LogP contribution in [0.15, 0.2) is 58.0 Å². The predicted octanol–water partition coefficient (Wildman–Crippen LogP) is 2.52. The van der Waals surface area contributed by atoms with Crippen molar-refractivity contribution >= 4 is 31.4 Å². The first kappa shape index (κ1) is 11.3. The Hall–Kier alpha value is -1.79. The second-order valence-electron chi connectivity index (χ2n) is 3.63. The monoisotopic (exact) mass is 276 g/mol. The molecule has 0 spiro atoms. The Morgan fingerprint density at radius 1 is 1.00 bits per heavy atom. The van der Waals surface area contributed by atoms with Gasteiger partial charge >= 0.3 is 0 Å². The summed E-state index contributed by atoms with van der Waals surface area (Å²) in [6.07, 6.45) is 2.92. The van der Waals surface area contributed by atoms with E-state index in [0.717, 1.165) is 4.70 Å². The van der Waals surface area contributed by atoms with Gasteiger partial charge in [-0.15, -0.1) is 11.3 Å². The molecule has 0 aliphatic rings. The fraction of sp³-hybridized carbons (Fsp3) is 0. The van der Waals surface area contributed by atoms with E-state index in [4.69, 9.17) is 0 Å². The van der Waals surface area contributed by atoms with Gasteiger partial charge < -0.3 is 0 Å². The van der Waals surface area contributed by atoms with Crippen LogP contribution in [0.1, 0.15) is 0 Å². The van der Waals surface area contributed by atoms with Gasteiger partial charge in [0.1, 0.15) is 0 Å². The Balaban J connectivity index is 2.20. The van der Waals surface area contributed by atoms with Crippen LogP contribution in [-0.2, 0) is 9.84 Å². The van der Waals surface area contributed by atoms with E-state index in [1.54, 1.807) is 6.07 Å². The van der Waals surface area contributed by atoms with Gasteiger partial charge in [0.05, 0.1) is 15.1 Å². The third-order valence-electron chi connectivity index (χ3n) is 2.46. The predicted molar refractivity (Wildman–Crippen MR) is 69.3 cm³/mol. The summed E-state index contributed by atoms with van der Waals surface area (Å²) < 4.78 is 25.6. The van der Waals surface area contributed by atoms with E-state index in [1.165, 1.54) is 35.9 Å². The molecule has 1 aromatic carbocycles. The number of hydrogen-bond donors (Lipinski definition) is 0. The molecule has 4 nitrogen and oxygen atoms in total. The van der Waals surface area contributed by atoms with Crippen molar-refractivity contribution in [2.24, 2.45) is 0 Å². The topological polar surface area (TPSA) is 59.9 Å². The van der Waals surface area contributed by atoms with Gasteiger partial charge in [0.2, 0.25) is 14.2 Å². The lowest BCUT2D eigenvalue weighted by Crippen LogP contribution is -2.01. The highest BCUT2D eigenvalue weighted by Gasteiger charge is 2.21. The summed E-state index contributed by atoms with van der Waals surface area (Å²) in [6, 6.07) is 10.3. The highest BCUT2D eigenvalue weighted by Crippen LogP contribution is 2.29. The smallest absolute Gasteiger partial charge is 0.233 e. The summed E-state index contributed by atoms with van der Waals surface area (Å²) in [6.45, 7) is 0. The number of sulfone groups is 1. The molecule has 18 heavy (non-hydrogen) atoms. The molecule has 2 aromatic heterocycles. The summed E-state index contributed by atoms with van der Waals surface area (Å²) >= 11 is 1.18. The second-order valence-corrected chi connectivity index (χ2v) is 6.79. The summed E-state index contributed by atoms with van der Waals surface area (Å²) in [4.78, 5) is 8.20. The van der Waals surface area contributed by atoms with E-state index in [-0.39, 0.29) is 9.24 Å². The van der Waals surface area contributed by atoms with Gasteiger partial charge in [-0.25, -0.2) is 13.4 Å². The maximum Gasteiger partial charge on any atom is 0.233 e. The highest BCUT2D eigenvalue weighted by molar-refractivity contribution is 7.93. The molecule has 0 atom stereocenters. The SMILES string of the molecule is O=S(=O)(c1ccncc1)c1nc2ccccc2s1. The van der Waals surface area contributed by atoms with Crippen molar-refractivity contribution in [3.63, 3.8) is 0 Å². The van der Waals surface area contributed by atoms with Crippen molar-refractivity contribution < 1.29 is 8.42 Å². The van der Waals surface area contributed by atoms with E-state index >= 15 is 0 Å². The first-order valence-corrected chi connectivity index (χ1v) is 7.48. The van der Waals surface area contributed by atoms with Gasteiger partial charge in [0.25, 0.3) is 0 Å². The lowest BCUT2D eigenvalue weighted by atomic mass is 10.3. The van der Waals surface area contributed by atoms with Crippen LogP contribution in [0, 0.1) is 0 Å².